The summed E-state index contributed by atoms with van der Waals surface area (Å²) in [5.74, 6) is 0.422. The van der Waals surface area contributed by atoms with Crippen LogP contribution in [-0.2, 0) is 16.6 Å². The van der Waals surface area contributed by atoms with Gasteiger partial charge in [-0.3, -0.25) is 9.52 Å². The van der Waals surface area contributed by atoms with Crippen LogP contribution in [0.2, 0.25) is 0 Å². The minimum Gasteiger partial charge on any atom is -0.489 e. The van der Waals surface area contributed by atoms with Crippen LogP contribution < -0.4 is 14.8 Å². The molecule has 4 aromatic rings. The molecule has 0 atom stereocenters. The van der Waals surface area contributed by atoms with Crippen molar-refractivity contribution < 1.29 is 17.9 Å². The zero-order valence-corrected chi connectivity index (χ0v) is 18.5. The number of hydrogen-bond acceptors (Lipinski definition) is 4. The molecule has 0 aromatic heterocycles. The highest BCUT2D eigenvalue weighted by Crippen LogP contribution is 2.25. The van der Waals surface area contributed by atoms with E-state index in [1.54, 1.807) is 54.6 Å². The summed E-state index contributed by atoms with van der Waals surface area (Å²) in [4.78, 5) is 12.9. The molecule has 1 amide bonds. The van der Waals surface area contributed by atoms with Gasteiger partial charge in [-0.2, -0.15) is 0 Å². The van der Waals surface area contributed by atoms with Gasteiger partial charge in [0.1, 0.15) is 12.4 Å². The standard InChI is InChI=1S/C26H22N2O4S/c29-26(21-17-15-20(16-18-21)19-32-22-9-3-1-4-10-22)27-24-13-7-8-14-25(24)28-33(30,31)23-11-5-2-6-12-23/h1-18,28H,19H2,(H,27,29). The number of ether oxygens (including phenoxy) is 1. The molecule has 0 spiro atoms. The van der Waals surface area contributed by atoms with Crippen molar-refractivity contribution in [3.8, 4) is 5.75 Å². The van der Waals surface area contributed by atoms with Crippen LogP contribution >= 0.6 is 0 Å². The lowest BCUT2D eigenvalue weighted by molar-refractivity contribution is 0.102. The van der Waals surface area contributed by atoms with Crippen molar-refractivity contribution in [2.24, 2.45) is 0 Å². The van der Waals surface area contributed by atoms with Gasteiger partial charge in [-0.25, -0.2) is 8.42 Å². The van der Waals surface area contributed by atoms with Crippen LogP contribution in [0.4, 0.5) is 11.4 Å². The van der Waals surface area contributed by atoms with E-state index in [1.165, 1.54) is 12.1 Å². The predicted molar refractivity (Wildman–Crippen MR) is 129 cm³/mol. The third kappa shape index (κ3) is 5.78. The van der Waals surface area contributed by atoms with Gasteiger partial charge < -0.3 is 10.1 Å². The lowest BCUT2D eigenvalue weighted by Crippen LogP contribution is -2.17. The number of para-hydroxylation sites is 3. The van der Waals surface area contributed by atoms with E-state index in [1.807, 2.05) is 42.5 Å². The maximum absolute atomic E-state index is 12.8. The highest BCUT2D eigenvalue weighted by Gasteiger charge is 2.16. The maximum atomic E-state index is 12.8. The van der Waals surface area contributed by atoms with E-state index < -0.39 is 10.0 Å². The minimum atomic E-state index is -3.79. The Morgan fingerprint density at radius 3 is 1.94 bits per heavy atom. The highest BCUT2D eigenvalue weighted by molar-refractivity contribution is 7.92. The first-order valence-electron chi connectivity index (χ1n) is 10.3. The Morgan fingerprint density at radius 2 is 1.27 bits per heavy atom. The molecule has 166 valence electrons. The predicted octanol–water partition coefficient (Wildman–Crippen LogP) is 5.32. The van der Waals surface area contributed by atoms with Crippen molar-refractivity contribution in [2.75, 3.05) is 10.0 Å². The molecular weight excluding hydrogens is 436 g/mol. The van der Waals surface area contributed by atoms with E-state index in [0.29, 0.717) is 17.9 Å². The van der Waals surface area contributed by atoms with Crippen molar-refractivity contribution >= 4 is 27.3 Å². The lowest BCUT2D eigenvalue weighted by Gasteiger charge is -2.14. The summed E-state index contributed by atoms with van der Waals surface area (Å²) in [7, 11) is -3.79. The second-order valence-electron chi connectivity index (χ2n) is 7.22. The molecule has 7 heteroatoms. The van der Waals surface area contributed by atoms with Crippen LogP contribution in [0.3, 0.4) is 0 Å². The van der Waals surface area contributed by atoms with Crippen LogP contribution in [0.15, 0.2) is 114 Å². The fourth-order valence-electron chi connectivity index (χ4n) is 3.11. The number of benzene rings is 4. The Bertz CT molecular complexity index is 1320. The van der Waals surface area contributed by atoms with E-state index in [0.717, 1.165) is 11.3 Å². The molecular formula is C26H22N2O4S. The second-order valence-corrected chi connectivity index (χ2v) is 8.90. The molecule has 0 aliphatic carbocycles. The number of anilines is 2. The Kier molecular flexibility index (Phi) is 6.71. The number of carbonyl (C=O) groups excluding carboxylic acids is 1. The largest absolute Gasteiger partial charge is 0.489 e. The summed E-state index contributed by atoms with van der Waals surface area (Å²) in [6, 6.07) is 31.2. The molecule has 0 heterocycles. The zero-order chi connectivity index (χ0) is 23.1. The van der Waals surface area contributed by atoms with Gasteiger partial charge in [-0.05, 0) is 54.1 Å². The van der Waals surface area contributed by atoms with Gasteiger partial charge in [0.15, 0.2) is 0 Å². The smallest absolute Gasteiger partial charge is 0.261 e. The summed E-state index contributed by atoms with van der Waals surface area (Å²) in [5.41, 5.74) is 2.01. The van der Waals surface area contributed by atoms with Gasteiger partial charge in [0.2, 0.25) is 0 Å². The zero-order valence-electron chi connectivity index (χ0n) is 17.6. The Morgan fingerprint density at radius 1 is 0.697 bits per heavy atom. The van der Waals surface area contributed by atoms with E-state index in [4.69, 9.17) is 4.74 Å². The molecule has 0 aliphatic rings. The average Bonchev–Trinajstić information content (AvgIpc) is 2.85. The molecule has 0 saturated heterocycles. The van der Waals surface area contributed by atoms with Crippen molar-refractivity contribution in [3.05, 3.63) is 120 Å². The molecule has 0 saturated carbocycles. The molecule has 0 fully saturated rings. The van der Waals surface area contributed by atoms with Crippen LogP contribution in [0.1, 0.15) is 15.9 Å². The average molecular weight is 459 g/mol. The molecule has 4 rings (SSSR count). The van der Waals surface area contributed by atoms with Crippen LogP contribution in [0.25, 0.3) is 0 Å². The van der Waals surface area contributed by atoms with Gasteiger partial charge in [-0.15, -0.1) is 0 Å². The number of nitrogens with one attached hydrogen (secondary N) is 2. The van der Waals surface area contributed by atoms with Gasteiger partial charge in [0.25, 0.3) is 15.9 Å². The first-order chi connectivity index (χ1) is 16.0. The fourth-order valence-corrected chi connectivity index (χ4v) is 4.22. The number of rotatable bonds is 8. The molecule has 33 heavy (non-hydrogen) atoms. The number of carbonyl (C=O) groups is 1. The summed E-state index contributed by atoms with van der Waals surface area (Å²) >= 11 is 0. The maximum Gasteiger partial charge on any atom is 0.261 e. The summed E-state index contributed by atoms with van der Waals surface area (Å²) < 4.78 is 33.6. The Balaban J connectivity index is 1.43. The van der Waals surface area contributed by atoms with Crippen molar-refractivity contribution in [1.82, 2.24) is 0 Å². The van der Waals surface area contributed by atoms with E-state index in [9.17, 15) is 13.2 Å². The van der Waals surface area contributed by atoms with Crippen LogP contribution in [0, 0.1) is 0 Å². The normalized spacial score (nSPS) is 10.9. The third-order valence-electron chi connectivity index (χ3n) is 4.84. The highest BCUT2D eigenvalue weighted by atomic mass is 32.2. The van der Waals surface area contributed by atoms with Gasteiger partial charge in [0.05, 0.1) is 16.3 Å². The van der Waals surface area contributed by atoms with Crippen LogP contribution in [0.5, 0.6) is 5.75 Å². The molecule has 6 nitrogen and oxygen atoms in total. The van der Waals surface area contributed by atoms with Crippen LogP contribution in [-0.4, -0.2) is 14.3 Å². The third-order valence-corrected chi connectivity index (χ3v) is 6.22. The van der Waals surface area contributed by atoms with E-state index in [2.05, 4.69) is 10.0 Å². The number of hydrogen-bond donors (Lipinski definition) is 2. The number of amides is 1. The topological polar surface area (TPSA) is 84.5 Å². The molecule has 2 N–H and O–H groups in total. The summed E-state index contributed by atoms with van der Waals surface area (Å²) in [5, 5.41) is 2.78. The molecule has 4 aromatic carbocycles. The molecule has 0 aliphatic heterocycles. The van der Waals surface area contributed by atoms with E-state index in [-0.39, 0.29) is 16.5 Å². The van der Waals surface area contributed by atoms with Gasteiger partial charge >= 0.3 is 0 Å². The van der Waals surface area contributed by atoms with Crippen molar-refractivity contribution in [1.29, 1.82) is 0 Å². The minimum absolute atomic E-state index is 0.138. The second kappa shape index (κ2) is 10.0. The molecule has 0 bridgehead atoms. The molecule has 0 unspecified atom stereocenters. The van der Waals surface area contributed by atoms with E-state index >= 15 is 0 Å². The quantitative estimate of drug-likeness (QED) is 0.374. The SMILES string of the molecule is O=C(Nc1ccccc1NS(=O)(=O)c1ccccc1)c1ccc(COc2ccccc2)cc1. The summed E-state index contributed by atoms with van der Waals surface area (Å²) in [6.07, 6.45) is 0. The lowest BCUT2D eigenvalue weighted by atomic mass is 10.1. The monoisotopic (exact) mass is 458 g/mol. The number of sulfonamides is 1. The van der Waals surface area contributed by atoms with Crippen molar-refractivity contribution in [2.45, 2.75) is 11.5 Å². The first-order valence-corrected chi connectivity index (χ1v) is 11.7. The van der Waals surface area contributed by atoms with Gasteiger partial charge in [-0.1, -0.05) is 60.7 Å². The fraction of sp³-hybridized carbons (Fsp3) is 0.0385. The van der Waals surface area contributed by atoms with Gasteiger partial charge in [0, 0.05) is 5.56 Å². The summed E-state index contributed by atoms with van der Waals surface area (Å²) in [6.45, 7) is 0.385. The molecule has 0 radical (unpaired) electrons. The Hall–Kier alpha value is -4.10. The van der Waals surface area contributed by atoms with Crippen molar-refractivity contribution in [3.63, 3.8) is 0 Å². The first kappa shape index (κ1) is 22.1. The Labute approximate surface area is 192 Å².